The summed E-state index contributed by atoms with van der Waals surface area (Å²) in [6.45, 7) is 6.85. The summed E-state index contributed by atoms with van der Waals surface area (Å²) in [6.07, 6.45) is -1.89. The fourth-order valence-electron chi connectivity index (χ4n) is 3.04. The zero-order valence-electron chi connectivity index (χ0n) is 19.9. The molecular formula is C25H33N3O6. The molecule has 184 valence electrons. The Bertz CT molecular complexity index is 955. The van der Waals surface area contributed by atoms with E-state index < -0.39 is 41.7 Å². The lowest BCUT2D eigenvalue weighted by molar-refractivity contribution is -0.130. The van der Waals surface area contributed by atoms with Gasteiger partial charge in [-0.2, -0.15) is 0 Å². The average molecular weight is 472 g/mol. The predicted octanol–water partition coefficient (Wildman–Crippen LogP) is 2.05. The molecule has 2 rings (SSSR count). The van der Waals surface area contributed by atoms with Crippen molar-refractivity contribution in [2.24, 2.45) is 5.73 Å². The smallest absolute Gasteiger partial charge is 0.408 e. The molecule has 9 nitrogen and oxygen atoms in total. The fraction of sp³-hybridized carbons (Fsp3) is 0.400. The number of aliphatic hydroxyl groups excluding tert-OH is 1. The minimum Gasteiger partial charge on any atom is -0.489 e. The summed E-state index contributed by atoms with van der Waals surface area (Å²) in [5.41, 5.74) is 6.27. The largest absolute Gasteiger partial charge is 0.489 e. The van der Waals surface area contributed by atoms with E-state index in [4.69, 9.17) is 15.2 Å². The molecular weight excluding hydrogens is 438 g/mol. The molecule has 0 aliphatic heterocycles. The van der Waals surface area contributed by atoms with Crippen LogP contribution in [0.3, 0.4) is 0 Å². The highest BCUT2D eigenvalue weighted by atomic mass is 16.6. The molecule has 0 aliphatic rings. The van der Waals surface area contributed by atoms with Gasteiger partial charge in [0, 0.05) is 6.42 Å². The first-order valence-corrected chi connectivity index (χ1v) is 11.0. The number of ether oxygens (including phenoxy) is 2. The van der Waals surface area contributed by atoms with Crippen LogP contribution in [0, 0.1) is 0 Å². The van der Waals surface area contributed by atoms with Crippen molar-refractivity contribution < 1.29 is 29.0 Å². The van der Waals surface area contributed by atoms with Gasteiger partial charge >= 0.3 is 6.09 Å². The number of carbonyl (C=O) groups excluding carboxylic acids is 3. The van der Waals surface area contributed by atoms with E-state index in [0.29, 0.717) is 12.4 Å². The lowest BCUT2D eigenvalue weighted by Crippen LogP contribution is -2.57. The Hall–Kier alpha value is -3.59. The first kappa shape index (κ1) is 26.7. The molecule has 34 heavy (non-hydrogen) atoms. The third kappa shape index (κ3) is 9.11. The number of amides is 3. The Kier molecular flexibility index (Phi) is 9.44. The van der Waals surface area contributed by atoms with E-state index in [-0.39, 0.29) is 6.42 Å². The SMILES string of the molecule is C[C@H](O)[C@@H](NC(=O)[C@H](Cc1ccc(OCc2ccccc2)cc1)NC(=O)OC(C)(C)C)C(N)=O. The highest BCUT2D eigenvalue weighted by molar-refractivity contribution is 5.91. The predicted molar refractivity (Wildman–Crippen MR) is 127 cm³/mol. The number of nitrogens with one attached hydrogen (secondary N) is 2. The van der Waals surface area contributed by atoms with Gasteiger partial charge in [0.1, 0.15) is 30.0 Å². The Balaban J connectivity index is 2.10. The molecule has 0 bridgehead atoms. The van der Waals surface area contributed by atoms with Gasteiger partial charge in [-0.05, 0) is 51.0 Å². The average Bonchev–Trinajstić information content (AvgIpc) is 2.75. The summed E-state index contributed by atoms with van der Waals surface area (Å²) in [5.74, 6) is -0.921. The number of carbonyl (C=O) groups is 3. The molecule has 0 aliphatic carbocycles. The molecule has 0 unspecified atom stereocenters. The Labute approximate surface area is 199 Å². The van der Waals surface area contributed by atoms with Gasteiger partial charge in [0.25, 0.3) is 0 Å². The second-order valence-electron chi connectivity index (χ2n) is 8.95. The van der Waals surface area contributed by atoms with E-state index in [1.54, 1.807) is 45.0 Å². The summed E-state index contributed by atoms with van der Waals surface area (Å²) in [5, 5.41) is 14.7. The zero-order chi connectivity index (χ0) is 25.3. The van der Waals surface area contributed by atoms with Crippen molar-refractivity contribution in [3.8, 4) is 5.75 Å². The van der Waals surface area contributed by atoms with Crippen molar-refractivity contribution >= 4 is 17.9 Å². The minimum absolute atomic E-state index is 0.106. The number of hydrogen-bond donors (Lipinski definition) is 4. The number of primary amides is 1. The Morgan fingerprint density at radius 2 is 1.59 bits per heavy atom. The summed E-state index contributed by atoms with van der Waals surface area (Å²) in [7, 11) is 0. The molecule has 0 fully saturated rings. The lowest BCUT2D eigenvalue weighted by atomic mass is 10.0. The molecule has 0 heterocycles. The van der Waals surface area contributed by atoms with Crippen LogP contribution in [-0.2, 0) is 27.4 Å². The number of benzene rings is 2. The van der Waals surface area contributed by atoms with Crippen LogP contribution in [-0.4, -0.2) is 46.8 Å². The Morgan fingerprint density at radius 1 is 0.971 bits per heavy atom. The van der Waals surface area contributed by atoms with Crippen LogP contribution >= 0.6 is 0 Å². The van der Waals surface area contributed by atoms with E-state index >= 15 is 0 Å². The first-order chi connectivity index (χ1) is 15.9. The van der Waals surface area contributed by atoms with Gasteiger partial charge in [-0.15, -0.1) is 0 Å². The van der Waals surface area contributed by atoms with Crippen LogP contribution in [0.5, 0.6) is 5.75 Å². The van der Waals surface area contributed by atoms with Crippen LogP contribution in [0.15, 0.2) is 54.6 Å². The number of alkyl carbamates (subject to hydrolysis) is 1. The van der Waals surface area contributed by atoms with Gasteiger partial charge in [0.2, 0.25) is 11.8 Å². The molecule has 0 aromatic heterocycles. The minimum atomic E-state index is -1.30. The monoisotopic (exact) mass is 471 g/mol. The lowest BCUT2D eigenvalue weighted by Gasteiger charge is -2.25. The molecule has 9 heteroatoms. The van der Waals surface area contributed by atoms with Crippen LogP contribution < -0.4 is 21.1 Å². The topological polar surface area (TPSA) is 140 Å². The van der Waals surface area contributed by atoms with Crippen molar-refractivity contribution in [2.75, 3.05) is 0 Å². The van der Waals surface area contributed by atoms with Gasteiger partial charge in [-0.1, -0.05) is 42.5 Å². The molecule has 3 amide bonds. The van der Waals surface area contributed by atoms with Crippen LogP contribution in [0.1, 0.15) is 38.8 Å². The summed E-state index contributed by atoms with van der Waals surface area (Å²) in [4.78, 5) is 36.8. The highest BCUT2D eigenvalue weighted by Gasteiger charge is 2.29. The van der Waals surface area contributed by atoms with Crippen molar-refractivity contribution in [2.45, 2.75) is 64.5 Å². The maximum Gasteiger partial charge on any atom is 0.408 e. The molecule has 2 aromatic rings. The van der Waals surface area contributed by atoms with Crippen LogP contribution in [0.4, 0.5) is 4.79 Å². The van der Waals surface area contributed by atoms with E-state index in [1.165, 1.54) is 6.92 Å². The quantitative estimate of drug-likeness (QED) is 0.418. The number of hydrogen-bond acceptors (Lipinski definition) is 6. The molecule has 2 aromatic carbocycles. The molecule has 0 spiro atoms. The maximum absolute atomic E-state index is 12.9. The van der Waals surface area contributed by atoms with E-state index in [0.717, 1.165) is 11.1 Å². The maximum atomic E-state index is 12.9. The second-order valence-corrected chi connectivity index (χ2v) is 8.95. The molecule has 0 saturated heterocycles. The molecule has 0 radical (unpaired) electrons. The summed E-state index contributed by atoms with van der Waals surface area (Å²) >= 11 is 0. The van der Waals surface area contributed by atoms with Gasteiger partial charge in [0.05, 0.1) is 6.10 Å². The third-order valence-electron chi connectivity index (χ3n) is 4.71. The zero-order valence-corrected chi connectivity index (χ0v) is 19.9. The van der Waals surface area contributed by atoms with Crippen LogP contribution in [0.25, 0.3) is 0 Å². The summed E-state index contributed by atoms with van der Waals surface area (Å²) in [6, 6.07) is 14.4. The van der Waals surface area contributed by atoms with Gasteiger partial charge in [-0.25, -0.2) is 4.79 Å². The number of aliphatic hydroxyl groups is 1. The third-order valence-corrected chi connectivity index (χ3v) is 4.71. The second kappa shape index (κ2) is 12.0. The number of nitrogens with two attached hydrogens (primary N) is 1. The van der Waals surface area contributed by atoms with Crippen LogP contribution in [0.2, 0.25) is 0 Å². The highest BCUT2D eigenvalue weighted by Crippen LogP contribution is 2.16. The Morgan fingerprint density at radius 3 is 2.12 bits per heavy atom. The van der Waals surface area contributed by atoms with Crippen molar-refractivity contribution in [1.29, 1.82) is 0 Å². The summed E-state index contributed by atoms with van der Waals surface area (Å²) < 4.78 is 11.0. The normalized spacial score (nSPS) is 13.8. The first-order valence-electron chi connectivity index (χ1n) is 11.0. The van der Waals surface area contributed by atoms with E-state index in [2.05, 4.69) is 10.6 Å². The van der Waals surface area contributed by atoms with Gasteiger partial charge in [0.15, 0.2) is 0 Å². The fourth-order valence-corrected chi connectivity index (χ4v) is 3.04. The standard InChI is InChI=1S/C25H33N3O6/c1-16(29)21(22(26)30)28-23(31)20(27-24(32)34-25(2,3)4)14-17-10-12-19(13-11-17)33-15-18-8-6-5-7-9-18/h5-13,16,20-21,29H,14-15H2,1-4H3,(H2,26,30)(H,27,32)(H,28,31)/t16-,20-,21+/m0/s1. The van der Waals surface area contributed by atoms with Crippen molar-refractivity contribution in [3.63, 3.8) is 0 Å². The van der Waals surface area contributed by atoms with E-state index in [1.807, 2.05) is 30.3 Å². The van der Waals surface area contributed by atoms with Gasteiger partial charge in [-0.3, -0.25) is 9.59 Å². The molecule has 0 saturated carbocycles. The van der Waals surface area contributed by atoms with E-state index in [9.17, 15) is 19.5 Å². The van der Waals surface area contributed by atoms with Crippen molar-refractivity contribution in [1.82, 2.24) is 10.6 Å². The molecule has 5 N–H and O–H groups in total. The molecule has 3 atom stereocenters. The number of rotatable bonds is 10. The van der Waals surface area contributed by atoms with Crippen molar-refractivity contribution in [3.05, 3.63) is 65.7 Å². The van der Waals surface area contributed by atoms with Gasteiger partial charge < -0.3 is 30.9 Å².